The van der Waals surface area contributed by atoms with Crippen molar-refractivity contribution in [3.8, 4) is 0 Å². The minimum absolute atomic E-state index is 0.0521. The fraction of sp³-hybridized carbons (Fsp3) is 0.844. The Hall–Kier alpha value is -2.70. The fourth-order valence-corrected chi connectivity index (χ4v) is 8.66. The van der Waals surface area contributed by atoms with Gasteiger partial charge in [-0.1, -0.05) is 67.2 Å². The van der Waals surface area contributed by atoms with E-state index in [4.69, 9.17) is 5.73 Å². The Balaban J connectivity index is 1.86. The molecule has 0 aromatic carbocycles. The summed E-state index contributed by atoms with van der Waals surface area (Å²) in [5.74, 6) is -3.28. The van der Waals surface area contributed by atoms with Crippen molar-refractivity contribution in [3.05, 3.63) is 0 Å². The van der Waals surface area contributed by atoms with Crippen LogP contribution in [-0.4, -0.2) is 83.6 Å². The number of rotatable bonds is 11. The van der Waals surface area contributed by atoms with Gasteiger partial charge in [-0.15, -0.1) is 0 Å². The monoisotopic (exact) mass is 653 g/mol. The molecule has 5 N–H and O–H groups in total. The van der Waals surface area contributed by atoms with E-state index in [1.165, 1.54) is 4.90 Å². The predicted molar refractivity (Wildman–Crippen MR) is 172 cm³/mol. The van der Waals surface area contributed by atoms with Gasteiger partial charge >= 0.3 is 6.03 Å². The lowest BCUT2D eigenvalue weighted by Crippen LogP contribution is -2.64. The molecule has 5 amide bonds. The van der Waals surface area contributed by atoms with Crippen molar-refractivity contribution >= 4 is 39.4 Å². The Labute approximate surface area is 268 Å². The number of primary amides is 1. The highest BCUT2D eigenvalue weighted by Crippen LogP contribution is 2.65. The molecule has 1 aliphatic heterocycles. The number of nitrogens with zero attached hydrogens (tertiary/aromatic N) is 1. The van der Waals surface area contributed by atoms with E-state index in [9.17, 15) is 32.4 Å². The largest absolute Gasteiger partial charge is 0.363 e. The van der Waals surface area contributed by atoms with E-state index in [1.54, 1.807) is 20.8 Å². The van der Waals surface area contributed by atoms with Crippen molar-refractivity contribution < 1.29 is 32.4 Å². The molecule has 0 aromatic rings. The second-order valence-electron chi connectivity index (χ2n) is 16.1. The number of hydrogen-bond donors (Lipinski definition) is 4. The van der Waals surface area contributed by atoms with Crippen LogP contribution < -0.4 is 21.7 Å². The highest BCUT2D eigenvalue weighted by molar-refractivity contribution is 7.92. The maximum atomic E-state index is 14.3. The Morgan fingerprint density at radius 1 is 0.956 bits per heavy atom. The number of likely N-dealkylation sites (tertiary alicyclic amines) is 1. The smallest absolute Gasteiger partial charge is 0.315 e. The highest BCUT2D eigenvalue weighted by Gasteiger charge is 2.70. The van der Waals surface area contributed by atoms with Crippen LogP contribution in [0.15, 0.2) is 0 Å². The number of nitrogens with one attached hydrogen (secondary N) is 3. The third kappa shape index (κ3) is 7.82. The van der Waals surface area contributed by atoms with Gasteiger partial charge < -0.3 is 26.6 Å². The summed E-state index contributed by atoms with van der Waals surface area (Å²) >= 11 is 0. The number of ketones is 1. The van der Waals surface area contributed by atoms with Crippen molar-refractivity contribution in [2.24, 2.45) is 28.4 Å². The van der Waals surface area contributed by atoms with Crippen LogP contribution in [0.2, 0.25) is 0 Å². The average molecular weight is 654 g/mol. The summed E-state index contributed by atoms with van der Waals surface area (Å²) in [5, 5.41) is 8.52. The average Bonchev–Trinajstić information content (AvgIpc) is 3.21. The molecule has 2 saturated carbocycles. The SMILES string of the molecule is CCCC(NC(=O)[C@@H]1C2C(CN1C(=O)[C@@H](NC(=O)NC1(CS(=O)(=O)C(C)(C)C)CCCCC1)C(C)(C)C)C2(C)C)C(=O)C(N)=O. The molecule has 0 spiro atoms. The number of sulfone groups is 1. The number of fused-ring (bicyclic) bond motifs is 1. The molecule has 0 bridgehead atoms. The van der Waals surface area contributed by atoms with Crippen LogP contribution in [0.5, 0.6) is 0 Å². The van der Waals surface area contributed by atoms with Crippen LogP contribution in [0, 0.1) is 22.7 Å². The third-order valence-electron chi connectivity index (χ3n) is 10.2. The molecule has 256 valence electrons. The van der Waals surface area contributed by atoms with Crippen molar-refractivity contribution in [1.29, 1.82) is 0 Å². The van der Waals surface area contributed by atoms with E-state index in [0.29, 0.717) is 25.8 Å². The number of amides is 5. The molecule has 13 heteroatoms. The quantitative estimate of drug-likeness (QED) is 0.247. The lowest BCUT2D eigenvalue weighted by atomic mass is 9.83. The molecule has 0 aromatic heterocycles. The van der Waals surface area contributed by atoms with Crippen LogP contribution in [0.4, 0.5) is 4.79 Å². The molecule has 3 aliphatic rings. The number of urea groups is 1. The Morgan fingerprint density at radius 2 is 1.53 bits per heavy atom. The minimum atomic E-state index is -3.56. The number of carbonyl (C=O) groups excluding carboxylic acids is 5. The lowest BCUT2D eigenvalue weighted by Gasteiger charge is -2.41. The van der Waals surface area contributed by atoms with E-state index < -0.39 is 73.2 Å². The van der Waals surface area contributed by atoms with Crippen LogP contribution in [-0.2, 0) is 29.0 Å². The standard InChI is InChI=1S/C32H55N5O7S/c1-10-14-20(23(38)25(33)39)34-26(40)22-21-19(31(21,8)9)17-37(22)27(41)24(29(2,3)4)35-28(42)36-32(15-12-11-13-16-32)18-45(43,44)30(5,6)7/h19-22,24H,10-18H2,1-9H3,(H2,33,39)(H,34,40)(H2,35,36,42)/t19?,20?,21?,22-,24+/m0/s1. The van der Waals surface area contributed by atoms with Gasteiger partial charge in [-0.25, -0.2) is 13.2 Å². The van der Waals surface area contributed by atoms with Gasteiger partial charge in [0.2, 0.25) is 17.6 Å². The molecule has 1 saturated heterocycles. The first kappa shape index (κ1) is 36.8. The molecular weight excluding hydrogens is 598 g/mol. The van der Waals surface area contributed by atoms with Crippen LogP contribution in [0.25, 0.3) is 0 Å². The van der Waals surface area contributed by atoms with E-state index in [1.807, 2.05) is 41.5 Å². The zero-order valence-electron chi connectivity index (χ0n) is 28.5. The third-order valence-corrected chi connectivity index (χ3v) is 13.0. The summed E-state index contributed by atoms with van der Waals surface area (Å²) in [7, 11) is -3.56. The number of carbonyl (C=O) groups is 5. The zero-order chi connectivity index (χ0) is 34.3. The topological polar surface area (TPSA) is 185 Å². The van der Waals surface area contributed by atoms with Gasteiger partial charge in [-0.2, -0.15) is 0 Å². The van der Waals surface area contributed by atoms with Gasteiger partial charge in [0.05, 0.1) is 22.1 Å². The van der Waals surface area contributed by atoms with Crippen LogP contribution in [0.1, 0.15) is 107 Å². The molecule has 3 unspecified atom stereocenters. The minimum Gasteiger partial charge on any atom is -0.363 e. The summed E-state index contributed by atoms with van der Waals surface area (Å²) in [6.07, 6.45) is 4.29. The summed E-state index contributed by atoms with van der Waals surface area (Å²) in [4.78, 5) is 67.2. The molecule has 0 radical (unpaired) electrons. The number of hydrogen-bond acceptors (Lipinski definition) is 7. The molecule has 2 aliphatic carbocycles. The molecule has 3 rings (SSSR count). The normalized spacial score (nSPS) is 25.4. The fourth-order valence-electron chi connectivity index (χ4n) is 7.14. The first-order valence-corrected chi connectivity index (χ1v) is 17.9. The second-order valence-corrected chi connectivity index (χ2v) is 18.8. The summed E-state index contributed by atoms with van der Waals surface area (Å²) < 4.78 is 25.5. The Bertz CT molecular complexity index is 1290. The summed E-state index contributed by atoms with van der Waals surface area (Å²) in [6, 6.07) is -3.65. The molecule has 1 heterocycles. The predicted octanol–water partition coefficient (Wildman–Crippen LogP) is 2.44. The van der Waals surface area contributed by atoms with Gasteiger partial charge in [0.15, 0.2) is 9.84 Å². The van der Waals surface area contributed by atoms with E-state index in [2.05, 4.69) is 16.0 Å². The maximum Gasteiger partial charge on any atom is 0.315 e. The van der Waals surface area contributed by atoms with Crippen molar-refractivity contribution in [3.63, 3.8) is 0 Å². The molecular formula is C32H55N5O7S. The first-order chi connectivity index (χ1) is 20.5. The molecule has 5 atom stereocenters. The van der Waals surface area contributed by atoms with Crippen LogP contribution in [0.3, 0.4) is 0 Å². The van der Waals surface area contributed by atoms with Crippen molar-refractivity contribution in [2.45, 2.75) is 136 Å². The van der Waals surface area contributed by atoms with Crippen LogP contribution >= 0.6 is 0 Å². The summed E-state index contributed by atoms with van der Waals surface area (Å²) in [5.41, 5.74) is 3.31. The van der Waals surface area contributed by atoms with Gasteiger partial charge in [-0.3, -0.25) is 19.2 Å². The van der Waals surface area contributed by atoms with E-state index in [0.717, 1.165) is 19.3 Å². The van der Waals surface area contributed by atoms with Gasteiger partial charge in [0, 0.05) is 6.54 Å². The van der Waals surface area contributed by atoms with Gasteiger partial charge in [0.25, 0.3) is 5.91 Å². The molecule has 12 nitrogen and oxygen atoms in total. The number of Topliss-reactive ketones (excluding diaryl/α,β-unsaturated/α-hetero) is 1. The number of piperidine rings is 1. The van der Waals surface area contributed by atoms with E-state index in [-0.39, 0.29) is 29.4 Å². The van der Waals surface area contributed by atoms with Gasteiger partial charge in [0.1, 0.15) is 12.1 Å². The van der Waals surface area contributed by atoms with Crippen molar-refractivity contribution in [1.82, 2.24) is 20.9 Å². The molecule has 3 fully saturated rings. The number of nitrogens with two attached hydrogens (primary N) is 1. The maximum absolute atomic E-state index is 14.3. The van der Waals surface area contributed by atoms with E-state index >= 15 is 0 Å². The second kappa shape index (κ2) is 12.8. The summed E-state index contributed by atoms with van der Waals surface area (Å²) in [6.45, 7) is 16.6. The first-order valence-electron chi connectivity index (χ1n) is 16.2. The lowest BCUT2D eigenvalue weighted by molar-refractivity contribution is -0.145. The molecule has 45 heavy (non-hydrogen) atoms. The Morgan fingerprint density at radius 3 is 2.02 bits per heavy atom. The van der Waals surface area contributed by atoms with Crippen molar-refractivity contribution in [2.75, 3.05) is 12.3 Å². The Kier molecular flexibility index (Phi) is 10.5. The highest BCUT2D eigenvalue weighted by atomic mass is 32.2. The van der Waals surface area contributed by atoms with Gasteiger partial charge in [-0.05, 0) is 62.7 Å². The zero-order valence-corrected chi connectivity index (χ0v) is 29.4.